The predicted molar refractivity (Wildman–Crippen MR) is 110 cm³/mol. The molecule has 1 N–H and O–H groups in total. The van der Waals surface area contributed by atoms with Gasteiger partial charge in [-0.1, -0.05) is 0 Å². The van der Waals surface area contributed by atoms with E-state index >= 15 is 8.78 Å². The lowest BCUT2D eigenvalue weighted by molar-refractivity contribution is -0.142. The molecule has 0 radical (unpaired) electrons. The van der Waals surface area contributed by atoms with Crippen LogP contribution < -0.4 is 10.2 Å². The Morgan fingerprint density at radius 1 is 1.29 bits per heavy atom. The van der Waals surface area contributed by atoms with Crippen LogP contribution >= 0.6 is 0 Å². The lowest BCUT2D eigenvalue weighted by Gasteiger charge is -2.25. The number of anilines is 1. The van der Waals surface area contributed by atoms with Crippen molar-refractivity contribution in [2.75, 3.05) is 18.6 Å². The number of ether oxygens (including phenoxy) is 1. The maximum atomic E-state index is 15.3. The van der Waals surface area contributed by atoms with Crippen molar-refractivity contribution >= 4 is 23.5 Å². The minimum absolute atomic E-state index is 0.00607. The molecule has 6 nitrogen and oxygen atoms in total. The van der Waals surface area contributed by atoms with Crippen molar-refractivity contribution in [3.05, 3.63) is 28.8 Å². The number of nitrogens with zero attached hydrogens (tertiary/aromatic N) is 1. The Kier molecular flexibility index (Phi) is 5.10. The third-order valence-corrected chi connectivity index (χ3v) is 7.12. The maximum absolute atomic E-state index is 15.3. The van der Waals surface area contributed by atoms with Crippen LogP contribution in [0.2, 0.25) is 0 Å². The van der Waals surface area contributed by atoms with E-state index in [4.69, 9.17) is 4.74 Å². The summed E-state index contributed by atoms with van der Waals surface area (Å²) in [6.07, 6.45) is 3.38. The van der Waals surface area contributed by atoms with E-state index in [1.165, 1.54) is 13.2 Å². The molecule has 8 heteroatoms. The van der Waals surface area contributed by atoms with Crippen molar-refractivity contribution in [3.63, 3.8) is 0 Å². The number of carbonyl (C=O) groups excluding carboxylic acids is 3. The largest absolute Gasteiger partial charge is 0.469 e. The van der Waals surface area contributed by atoms with Crippen molar-refractivity contribution in [1.82, 2.24) is 5.32 Å². The Hall–Kier alpha value is -2.51. The molecule has 31 heavy (non-hydrogen) atoms. The first-order valence-corrected chi connectivity index (χ1v) is 10.7. The molecule has 0 saturated heterocycles. The van der Waals surface area contributed by atoms with Crippen molar-refractivity contribution < 1.29 is 27.9 Å². The first-order valence-electron chi connectivity index (χ1n) is 10.7. The van der Waals surface area contributed by atoms with Gasteiger partial charge in [0, 0.05) is 17.0 Å². The lowest BCUT2D eigenvalue weighted by Crippen LogP contribution is -2.47. The molecule has 1 atom stereocenters. The number of halogens is 2. The van der Waals surface area contributed by atoms with Gasteiger partial charge in [0.05, 0.1) is 24.6 Å². The zero-order chi connectivity index (χ0) is 22.7. The highest BCUT2D eigenvalue weighted by molar-refractivity contribution is 6.10. The number of esters is 1. The molecule has 0 spiro atoms. The Morgan fingerprint density at radius 2 is 1.94 bits per heavy atom. The summed E-state index contributed by atoms with van der Waals surface area (Å²) in [5, 5.41) is 2.83. The van der Waals surface area contributed by atoms with Crippen molar-refractivity contribution in [2.24, 2.45) is 5.41 Å². The van der Waals surface area contributed by atoms with Gasteiger partial charge in [0.1, 0.15) is 18.2 Å². The Balaban J connectivity index is 1.55. The quantitative estimate of drug-likeness (QED) is 0.668. The first kappa shape index (κ1) is 21.7. The lowest BCUT2D eigenvalue weighted by atomic mass is 9.84. The van der Waals surface area contributed by atoms with Gasteiger partial charge >= 0.3 is 5.97 Å². The van der Waals surface area contributed by atoms with E-state index < -0.39 is 35.4 Å². The average molecular weight is 434 g/mol. The number of benzene rings is 1. The molecule has 1 aromatic carbocycles. The van der Waals surface area contributed by atoms with E-state index in [1.54, 1.807) is 20.8 Å². The van der Waals surface area contributed by atoms with Crippen LogP contribution in [0.15, 0.2) is 6.07 Å². The second kappa shape index (κ2) is 7.28. The number of nitrogens with one attached hydrogen (secondary N) is 1. The number of hydrogen-bond donors (Lipinski definition) is 1. The highest BCUT2D eigenvalue weighted by Gasteiger charge is 2.51. The van der Waals surface area contributed by atoms with Crippen molar-refractivity contribution in [2.45, 2.75) is 70.3 Å². The molecule has 2 fully saturated rings. The zero-order valence-corrected chi connectivity index (χ0v) is 18.3. The van der Waals surface area contributed by atoms with Crippen LogP contribution in [-0.4, -0.2) is 37.5 Å². The van der Waals surface area contributed by atoms with E-state index in [9.17, 15) is 14.4 Å². The third kappa shape index (κ3) is 3.59. The van der Waals surface area contributed by atoms with E-state index in [0.29, 0.717) is 5.56 Å². The first-order chi connectivity index (χ1) is 14.5. The molecule has 1 aromatic rings. The smallest absolute Gasteiger partial charge is 0.306 e. The average Bonchev–Trinajstić information content (AvgIpc) is 3.61. The Labute approximate surface area is 180 Å². The van der Waals surface area contributed by atoms with E-state index in [1.807, 2.05) is 0 Å². The molecular weight excluding hydrogens is 406 g/mol. The fourth-order valence-electron chi connectivity index (χ4n) is 4.73. The van der Waals surface area contributed by atoms with Gasteiger partial charge in [-0.25, -0.2) is 8.78 Å². The summed E-state index contributed by atoms with van der Waals surface area (Å²) in [5.74, 6) is -2.55. The minimum atomic E-state index is -1.26. The molecule has 1 aliphatic heterocycles. The van der Waals surface area contributed by atoms with Crippen molar-refractivity contribution in [3.8, 4) is 0 Å². The topological polar surface area (TPSA) is 75.7 Å². The van der Waals surface area contributed by atoms with Crippen LogP contribution in [0.25, 0.3) is 0 Å². The second-order valence-corrected chi connectivity index (χ2v) is 9.68. The maximum Gasteiger partial charge on any atom is 0.306 e. The molecule has 4 rings (SSSR count). The molecule has 0 unspecified atom stereocenters. The highest BCUT2D eigenvalue weighted by atomic mass is 19.1. The summed E-state index contributed by atoms with van der Waals surface area (Å²) in [4.78, 5) is 38.5. The Bertz CT molecular complexity index is 967. The minimum Gasteiger partial charge on any atom is -0.469 e. The number of hydrogen-bond acceptors (Lipinski definition) is 4. The van der Waals surface area contributed by atoms with E-state index in [0.717, 1.165) is 30.6 Å². The number of carbonyl (C=O) groups is 3. The van der Waals surface area contributed by atoms with Gasteiger partial charge in [0.25, 0.3) is 0 Å². The second-order valence-electron chi connectivity index (χ2n) is 9.68. The summed E-state index contributed by atoms with van der Waals surface area (Å²) in [7, 11) is 1.32. The summed E-state index contributed by atoms with van der Waals surface area (Å²) in [5.41, 5.74) is -1.42. The Morgan fingerprint density at radius 3 is 2.48 bits per heavy atom. The normalized spacial score (nSPS) is 21.5. The van der Waals surface area contributed by atoms with Crippen LogP contribution in [0.1, 0.15) is 69.9 Å². The van der Waals surface area contributed by atoms with Gasteiger partial charge in [0.15, 0.2) is 0 Å². The van der Waals surface area contributed by atoms with Crippen molar-refractivity contribution in [1.29, 1.82) is 0 Å². The molecule has 2 aliphatic carbocycles. The number of fused-ring (bicyclic) bond motifs is 1. The highest BCUT2D eigenvalue weighted by Crippen LogP contribution is 2.52. The third-order valence-electron chi connectivity index (χ3n) is 7.12. The predicted octanol–water partition coefficient (Wildman–Crippen LogP) is 3.31. The molecule has 1 heterocycles. The van der Waals surface area contributed by atoms with Gasteiger partial charge < -0.3 is 10.1 Å². The number of methoxy groups -OCH3 is 1. The van der Waals surface area contributed by atoms with Gasteiger partial charge in [0.2, 0.25) is 11.8 Å². The summed E-state index contributed by atoms with van der Waals surface area (Å²) >= 11 is 0. The monoisotopic (exact) mass is 434 g/mol. The molecular formula is C23H28F2N2O4. The standard InChI is InChI=1S/C23H28F2N2O4/c1-12(23(7-8-23)10-17(29)31-4)26-16(28)11-27-20-15(24)9-14(13-5-6-13)19(25)18(20)22(2,3)21(27)30/h9,12-13H,5-8,10-11H2,1-4H3,(H,26,28)/t12-/m1/s1. The number of amides is 2. The van der Waals surface area contributed by atoms with Crippen LogP contribution in [0.5, 0.6) is 0 Å². The van der Waals surface area contributed by atoms with Crippen LogP contribution in [0.3, 0.4) is 0 Å². The summed E-state index contributed by atoms with van der Waals surface area (Å²) in [6.45, 7) is 4.51. The molecule has 168 valence electrons. The summed E-state index contributed by atoms with van der Waals surface area (Å²) in [6, 6.07) is 0.854. The molecule has 3 aliphatic rings. The van der Waals surface area contributed by atoms with Crippen LogP contribution in [-0.2, 0) is 24.5 Å². The molecule has 0 bridgehead atoms. The zero-order valence-electron chi connectivity index (χ0n) is 18.3. The SMILES string of the molecule is COC(=O)CC1([C@@H](C)NC(=O)CN2C(=O)C(C)(C)c3c(F)c(C4CC4)cc(F)c32)CC1. The van der Waals surface area contributed by atoms with Gasteiger partial charge in [-0.3, -0.25) is 19.3 Å². The molecule has 2 saturated carbocycles. The van der Waals surface area contributed by atoms with Gasteiger partial charge in [-0.2, -0.15) is 0 Å². The van der Waals surface area contributed by atoms with Gasteiger partial charge in [-0.05, 0) is 64.0 Å². The van der Waals surface area contributed by atoms with E-state index in [-0.39, 0.29) is 41.0 Å². The molecule has 0 aromatic heterocycles. The van der Waals surface area contributed by atoms with E-state index in [2.05, 4.69) is 5.32 Å². The van der Waals surface area contributed by atoms with Crippen LogP contribution in [0.4, 0.5) is 14.5 Å². The number of rotatable bonds is 7. The van der Waals surface area contributed by atoms with Crippen LogP contribution in [0, 0.1) is 17.0 Å². The molecule has 2 amide bonds. The van der Waals surface area contributed by atoms with Gasteiger partial charge in [-0.15, -0.1) is 0 Å². The summed E-state index contributed by atoms with van der Waals surface area (Å²) < 4.78 is 35.0. The fourth-order valence-corrected chi connectivity index (χ4v) is 4.73. The fraction of sp³-hybridized carbons (Fsp3) is 0.609.